The summed E-state index contributed by atoms with van der Waals surface area (Å²) in [5, 5.41) is 20.5. The van der Waals surface area contributed by atoms with Crippen molar-refractivity contribution in [1.29, 1.82) is 0 Å². The summed E-state index contributed by atoms with van der Waals surface area (Å²) in [6, 6.07) is 19.5. The van der Waals surface area contributed by atoms with Crippen LogP contribution in [0.4, 0.5) is 0 Å². The van der Waals surface area contributed by atoms with Crippen molar-refractivity contribution in [1.82, 2.24) is 24.5 Å². The van der Waals surface area contributed by atoms with E-state index in [4.69, 9.17) is 9.72 Å². The van der Waals surface area contributed by atoms with E-state index < -0.39 is 5.60 Å². The molecule has 0 aliphatic carbocycles. The molecule has 0 spiro atoms. The number of hydrogen-bond acceptors (Lipinski definition) is 5. The molecule has 1 fully saturated rings. The molecule has 5 aromatic rings. The Morgan fingerprint density at radius 3 is 2.46 bits per heavy atom. The fourth-order valence-corrected chi connectivity index (χ4v) is 5.86. The molecule has 0 radical (unpaired) electrons. The van der Waals surface area contributed by atoms with Crippen LogP contribution in [0.25, 0.3) is 33.2 Å². The summed E-state index contributed by atoms with van der Waals surface area (Å²) in [6.07, 6.45) is 3.79. The van der Waals surface area contributed by atoms with E-state index in [1.165, 1.54) is 5.56 Å². The number of benzene rings is 2. The average Bonchev–Trinajstić information content (AvgIpc) is 3.40. The predicted octanol–water partition coefficient (Wildman–Crippen LogP) is 5.54. The Kier molecular flexibility index (Phi) is 5.85. The van der Waals surface area contributed by atoms with Gasteiger partial charge in [0.1, 0.15) is 0 Å². The third-order valence-electron chi connectivity index (χ3n) is 7.75. The molecule has 1 N–H and O–H groups in total. The van der Waals surface area contributed by atoms with Crippen LogP contribution in [0, 0.1) is 12.8 Å². The highest BCUT2D eigenvalue weighted by atomic mass is 16.5. The molecular weight excluding hydrogens is 462 g/mol. The lowest BCUT2D eigenvalue weighted by Crippen LogP contribution is -2.27. The number of ether oxygens (including phenoxy) is 1. The lowest BCUT2D eigenvalue weighted by molar-refractivity contribution is 0.0552. The maximum absolute atomic E-state index is 10.9. The summed E-state index contributed by atoms with van der Waals surface area (Å²) in [6.45, 7) is 7.15. The van der Waals surface area contributed by atoms with Gasteiger partial charge in [-0.2, -0.15) is 0 Å². The first-order chi connectivity index (χ1) is 17.8. The van der Waals surface area contributed by atoms with Crippen LogP contribution in [0.5, 0.6) is 0 Å². The van der Waals surface area contributed by atoms with Crippen LogP contribution in [-0.4, -0.2) is 42.9 Å². The minimum Gasteiger partial charge on any atom is -0.386 e. The molecular formula is C30H33N5O2. The van der Waals surface area contributed by atoms with Crippen molar-refractivity contribution < 1.29 is 9.84 Å². The second kappa shape index (κ2) is 9.08. The van der Waals surface area contributed by atoms with Crippen molar-refractivity contribution in [2.45, 2.75) is 45.3 Å². The first kappa shape index (κ1) is 23.8. The maximum Gasteiger partial charge on any atom is 0.0960 e. The van der Waals surface area contributed by atoms with Crippen LogP contribution >= 0.6 is 0 Å². The van der Waals surface area contributed by atoms with Crippen molar-refractivity contribution in [2.75, 3.05) is 13.2 Å². The molecule has 0 amide bonds. The Labute approximate surface area is 216 Å². The topological polar surface area (TPSA) is 78.0 Å². The Bertz CT molecular complexity index is 1550. The van der Waals surface area contributed by atoms with E-state index in [9.17, 15) is 5.11 Å². The number of rotatable bonds is 5. The van der Waals surface area contributed by atoms with Crippen LogP contribution in [-0.2, 0) is 17.4 Å². The van der Waals surface area contributed by atoms with Crippen molar-refractivity contribution in [2.24, 2.45) is 13.0 Å². The van der Waals surface area contributed by atoms with Gasteiger partial charge in [-0.25, -0.2) is 4.68 Å². The molecule has 37 heavy (non-hydrogen) atoms. The average molecular weight is 496 g/mol. The number of aryl methyl sites for hydroxylation is 2. The van der Waals surface area contributed by atoms with Gasteiger partial charge < -0.3 is 14.4 Å². The van der Waals surface area contributed by atoms with Gasteiger partial charge in [0.25, 0.3) is 0 Å². The van der Waals surface area contributed by atoms with Crippen LogP contribution in [0.3, 0.4) is 0 Å². The molecule has 1 saturated heterocycles. The van der Waals surface area contributed by atoms with Crippen LogP contribution in [0.15, 0.2) is 60.8 Å². The van der Waals surface area contributed by atoms with E-state index in [0.29, 0.717) is 5.92 Å². The quantitative estimate of drug-likeness (QED) is 0.347. The summed E-state index contributed by atoms with van der Waals surface area (Å²) in [5.74, 6) is 0.407. The van der Waals surface area contributed by atoms with E-state index in [0.717, 1.165) is 70.5 Å². The largest absolute Gasteiger partial charge is 0.386 e. The number of nitrogens with zero attached hydrogens (tertiary/aromatic N) is 5. The first-order valence-electron chi connectivity index (χ1n) is 13.0. The number of pyridine rings is 1. The zero-order valence-electron chi connectivity index (χ0n) is 21.8. The van der Waals surface area contributed by atoms with Gasteiger partial charge in [-0.3, -0.25) is 4.98 Å². The van der Waals surface area contributed by atoms with Gasteiger partial charge in [-0.1, -0.05) is 41.6 Å². The van der Waals surface area contributed by atoms with E-state index in [-0.39, 0.29) is 6.04 Å². The fourth-order valence-electron chi connectivity index (χ4n) is 5.86. The summed E-state index contributed by atoms with van der Waals surface area (Å²) < 4.78 is 10.1. The molecule has 2 aromatic carbocycles. The summed E-state index contributed by atoms with van der Waals surface area (Å²) >= 11 is 0. The number of aromatic nitrogens is 5. The normalized spacial score (nSPS) is 16.0. The van der Waals surface area contributed by atoms with Crippen LogP contribution in [0.2, 0.25) is 0 Å². The molecule has 3 aromatic heterocycles. The number of hydrogen-bond donors (Lipinski definition) is 1. The Balaban J connectivity index is 1.69. The minimum atomic E-state index is -0.994. The third-order valence-corrected chi connectivity index (χ3v) is 7.75. The Morgan fingerprint density at radius 1 is 1.03 bits per heavy atom. The van der Waals surface area contributed by atoms with Crippen molar-refractivity contribution in [3.63, 3.8) is 0 Å². The predicted molar refractivity (Wildman–Crippen MR) is 145 cm³/mol. The highest BCUT2D eigenvalue weighted by Gasteiger charge is 2.31. The van der Waals surface area contributed by atoms with Gasteiger partial charge in [-0.15, -0.1) is 5.10 Å². The van der Waals surface area contributed by atoms with Gasteiger partial charge in [0.2, 0.25) is 0 Å². The molecule has 0 bridgehead atoms. The van der Waals surface area contributed by atoms with E-state index in [2.05, 4.69) is 69.5 Å². The highest BCUT2D eigenvalue weighted by Crippen LogP contribution is 2.42. The summed E-state index contributed by atoms with van der Waals surface area (Å²) in [5.41, 5.74) is 7.15. The first-order valence-corrected chi connectivity index (χ1v) is 13.0. The molecule has 1 aliphatic rings. The molecule has 0 saturated carbocycles. The van der Waals surface area contributed by atoms with Gasteiger partial charge >= 0.3 is 0 Å². The number of aliphatic hydroxyl groups is 1. The maximum atomic E-state index is 10.9. The van der Waals surface area contributed by atoms with Gasteiger partial charge in [-0.05, 0) is 63.3 Å². The Morgan fingerprint density at radius 2 is 1.78 bits per heavy atom. The lowest BCUT2D eigenvalue weighted by Gasteiger charge is -2.33. The summed E-state index contributed by atoms with van der Waals surface area (Å²) in [7, 11) is 1.93. The van der Waals surface area contributed by atoms with Crippen molar-refractivity contribution >= 4 is 21.9 Å². The van der Waals surface area contributed by atoms with Gasteiger partial charge in [0.05, 0.1) is 39.6 Å². The summed E-state index contributed by atoms with van der Waals surface area (Å²) in [4.78, 5) is 4.91. The standard InChI is InChI=1S/C30H33N5O2/c1-19-28(34(4)33-32-19)22-10-11-24-25(16-22)35(26-17-23(30(2,3)36)18-31-27(24)26)29(20-8-6-5-7-9-20)21-12-14-37-15-13-21/h5-11,16-18,21,29,36H,12-15H2,1-4H3/t29-/m1/s1. The molecule has 0 unspecified atom stereocenters. The van der Waals surface area contributed by atoms with Gasteiger partial charge in [0, 0.05) is 43.0 Å². The van der Waals surface area contributed by atoms with Gasteiger partial charge in [0.15, 0.2) is 0 Å². The molecule has 190 valence electrons. The Hall–Kier alpha value is -3.55. The van der Waals surface area contributed by atoms with E-state index >= 15 is 0 Å². The lowest BCUT2D eigenvalue weighted by atomic mass is 9.86. The smallest absolute Gasteiger partial charge is 0.0960 e. The second-order valence-electron chi connectivity index (χ2n) is 10.7. The molecule has 1 atom stereocenters. The van der Waals surface area contributed by atoms with Crippen LogP contribution < -0.4 is 0 Å². The minimum absolute atomic E-state index is 0.102. The van der Waals surface area contributed by atoms with Crippen molar-refractivity contribution in [3.05, 3.63) is 77.6 Å². The fraction of sp³-hybridized carbons (Fsp3) is 0.367. The van der Waals surface area contributed by atoms with E-state index in [1.807, 2.05) is 32.5 Å². The third kappa shape index (κ3) is 4.12. The number of fused-ring (bicyclic) bond motifs is 3. The molecule has 7 nitrogen and oxygen atoms in total. The second-order valence-corrected chi connectivity index (χ2v) is 10.7. The zero-order chi connectivity index (χ0) is 25.7. The van der Waals surface area contributed by atoms with Crippen molar-refractivity contribution in [3.8, 4) is 11.3 Å². The van der Waals surface area contributed by atoms with Crippen LogP contribution in [0.1, 0.15) is 49.6 Å². The molecule has 6 rings (SSSR count). The highest BCUT2D eigenvalue weighted by molar-refractivity contribution is 6.07. The van der Waals surface area contributed by atoms with E-state index in [1.54, 1.807) is 6.20 Å². The monoisotopic (exact) mass is 495 g/mol. The molecule has 1 aliphatic heterocycles. The zero-order valence-corrected chi connectivity index (χ0v) is 21.8. The molecule has 7 heteroatoms. The SMILES string of the molecule is Cc1nnn(C)c1-c1ccc2c3ncc(C(C)(C)O)cc3n([C@H](c3ccccc3)C3CCOCC3)c2c1. The molecule has 4 heterocycles.